The summed E-state index contributed by atoms with van der Waals surface area (Å²) >= 11 is 6.13. The summed E-state index contributed by atoms with van der Waals surface area (Å²) in [5.41, 5.74) is 3.95. The van der Waals surface area contributed by atoms with E-state index >= 15 is 0 Å². The molecule has 1 aliphatic heterocycles. The van der Waals surface area contributed by atoms with Crippen LogP contribution in [0.25, 0.3) is 5.69 Å². The number of hydrogen-bond acceptors (Lipinski definition) is 3. The fraction of sp³-hybridized carbons (Fsp3) is 0.125. The third kappa shape index (κ3) is 2.23. The zero-order valence-corrected chi connectivity index (χ0v) is 12.3. The Labute approximate surface area is 131 Å². The van der Waals surface area contributed by atoms with Crippen LogP contribution in [0.4, 0.5) is 10.1 Å². The van der Waals surface area contributed by atoms with E-state index in [4.69, 9.17) is 11.6 Å². The minimum Gasteiger partial charge on any atom is -0.361 e. The molecule has 0 amide bonds. The lowest BCUT2D eigenvalue weighted by atomic mass is 10.1. The molecule has 4 rings (SSSR count). The SMILES string of the molecule is Fc1ccc(N2Cc3cc(Cl)ccc3-n3nncc3C2)cc1. The molecule has 0 unspecified atom stereocenters. The number of benzene rings is 2. The highest BCUT2D eigenvalue weighted by atomic mass is 35.5. The number of rotatable bonds is 1. The predicted octanol–water partition coefficient (Wildman–Crippen LogP) is 3.58. The third-order valence-corrected chi connectivity index (χ3v) is 4.03. The van der Waals surface area contributed by atoms with Gasteiger partial charge in [-0.15, -0.1) is 5.10 Å². The van der Waals surface area contributed by atoms with E-state index in [1.165, 1.54) is 12.1 Å². The van der Waals surface area contributed by atoms with Crippen LogP contribution < -0.4 is 4.90 Å². The van der Waals surface area contributed by atoms with Gasteiger partial charge in [0.15, 0.2) is 0 Å². The number of hydrogen-bond donors (Lipinski definition) is 0. The van der Waals surface area contributed by atoms with Crippen molar-refractivity contribution in [3.63, 3.8) is 0 Å². The maximum absolute atomic E-state index is 13.2. The van der Waals surface area contributed by atoms with E-state index in [9.17, 15) is 4.39 Å². The Bertz CT molecular complexity index is 828. The third-order valence-electron chi connectivity index (χ3n) is 3.80. The highest BCUT2D eigenvalue weighted by molar-refractivity contribution is 6.30. The highest BCUT2D eigenvalue weighted by Gasteiger charge is 2.21. The summed E-state index contributed by atoms with van der Waals surface area (Å²) < 4.78 is 15.0. The van der Waals surface area contributed by atoms with Gasteiger partial charge in [-0.2, -0.15) is 0 Å². The first-order chi connectivity index (χ1) is 10.7. The molecule has 6 heteroatoms. The molecule has 4 nitrogen and oxygen atoms in total. The lowest BCUT2D eigenvalue weighted by Gasteiger charge is -2.22. The zero-order valence-electron chi connectivity index (χ0n) is 11.6. The van der Waals surface area contributed by atoms with Gasteiger partial charge in [0.25, 0.3) is 0 Å². The summed E-state index contributed by atoms with van der Waals surface area (Å²) in [7, 11) is 0. The van der Waals surface area contributed by atoms with Crippen LogP contribution in [-0.2, 0) is 13.1 Å². The standard InChI is InChI=1S/C16H12ClFN4/c17-12-1-6-16-11(7-12)9-21(10-15-8-19-20-22(15)16)14-4-2-13(18)3-5-14/h1-8H,9-10H2. The summed E-state index contributed by atoms with van der Waals surface area (Å²) in [6, 6.07) is 12.2. The Kier molecular flexibility index (Phi) is 3.08. The van der Waals surface area contributed by atoms with Crippen LogP contribution in [0.15, 0.2) is 48.7 Å². The van der Waals surface area contributed by atoms with E-state index in [1.807, 2.05) is 22.9 Å². The van der Waals surface area contributed by atoms with Crippen molar-refractivity contribution < 1.29 is 4.39 Å². The zero-order chi connectivity index (χ0) is 15.1. The number of halogens is 2. The second-order valence-corrected chi connectivity index (χ2v) is 5.68. The molecule has 0 N–H and O–H groups in total. The average molecular weight is 315 g/mol. The fourth-order valence-corrected chi connectivity index (χ4v) is 2.94. The molecular weight excluding hydrogens is 303 g/mol. The molecule has 0 spiro atoms. The molecule has 0 atom stereocenters. The number of aromatic nitrogens is 3. The van der Waals surface area contributed by atoms with Crippen molar-refractivity contribution in [1.82, 2.24) is 15.0 Å². The second kappa shape index (κ2) is 5.10. The van der Waals surface area contributed by atoms with Crippen LogP contribution in [0.3, 0.4) is 0 Å². The number of nitrogens with zero attached hydrogens (tertiary/aromatic N) is 4. The molecule has 2 heterocycles. The van der Waals surface area contributed by atoms with Crippen molar-refractivity contribution in [3.05, 3.63) is 70.8 Å². The molecule has 1 aromatic heterocycles. The molecule has 0 fully saturated rings. The topological polar surface area (TPSA) is 34.0 Å². The first kappa shape index (κ1) is 13.3. The van der Waals surface area contributed by atoms with Gasteiger partial charge in [-0.3, -0.25) is 0 Å². The molecular formula is C16H12ClFN4. The van der Waals surface area contributed by atoms with E-state index in [2.05, 4.69) is 15.2 Å². The Morgan fingerprint density at radius 2 is 1.86 bits per heavy atom. The van der Waals surface area contributed by atoms with Crippen molar-refractivity contribution in [1.29, 1.82) is 0 Å². The predicted molar refractivity (Wildman–Crippen MR) is 82.7 cm³/mol. The lowest BCUT2D eigenvalue weighted by Crippen LogP contribution is -2.21. The number of anilines is 1. The summed E-state index contributed by atoms with van der Waals surface area (Å²) in [5, 5.41) is 8.85. The average Bonchev–Trinajstić information content (AvgIpc) is 2.90. The maximum atomic E-state index is 13.2. The van der Waals surface area contributed by atoms with E-state index in [1.54, 1.807) is 18.3 Å². The van der Waals surface area contributed by atoms with Crippen molar-refractivity contribution in [2.45, 2.75) is 13.1 Å². The molecule has 0 radical (unpaired) electrons. The minimum atomic E-state index is -0.242. The smallest absolute Gasteiger partial charge is 0.123 e. The maximum Gasteiger partial charge on any atom is 0.123 e. The van der Waals surface area contributed by atoms with E-state index in [-0.39, 0.29) is 5.82 Å². The Morgan fingerprint density at radius 3 is 2.68 bits per heavy atom. The van der Waals surface area contributed by atoms with Crippen molar-refractivity contribution >= 4 is 17.3 Å². The van der Waals surface area contributed by atoms with E-state index in [0.717, 1.165) is 22.6 Å². The fourth-order valence-electron chi connectivity index (χ4n) is 2.75. The van der Waals surface area contributed by atoms with Gasteiger partial charge in [0, 0.05) is 17.3 Å². The van der Waals surface area contributed by atoms with Gasteiger partial charge in [-0.25, -0.2) is 9.07 Å². The van der Waals surface area contributed by atoms with Crippen LogP contribution >= 0.6 is 11.6 Å². The molecule has 0 aliphatic carbocycles. The van der Waals surface area contributed by atoms with Gasteiger partial charge in [0.1, 0.15) is 5.82 Å². The quantitative estimate of drug-likeness (QED) is 0.688. The molecule has 2 aromatic carbocycles. The van der Waals surface area contributed by atoms with Crippen LogP contribution in [0.5, 0.6) is 0 Å². The highest BCUT2D eigenvalue weighted by Crippen LogP contribution is 2.29. The molecule has 110 valence electrons. The van der Waals surface area contributed by atoms with Crippen LogP contribution in [0.2, 0.25) is 5.02 Å². The Balaban J connectivity index is 1.83. The van der Waals surface area contributed by atoms with E-state index < -0.39 is 0 Å². The monoisotopic (exact) mass is 314 g/mol. The second-order valence-electron chi connectivity index (χ2n) is 5.24. The summed E-state index contributed by atoms with van der Waals surface area (Å²) in [5.74, 6) is -0.242. The summed E-state index contributed by atoms with van der Waals surface area (Å²) in [6.07, 6.45) is 1.75. The lowest BCUT2D eigenvalue weighted by molar-refractivity contribution is 0.627. The molecule has 0 saturated carbocycles. The van der Waals surface area contributed by atoms with Crippen LogP contribution in [0, 0.1) is 5.82 Å². The van der Waals surface area contributed by atoms with Crippen molar-refractivity contribution in [2.24, 2.45) is 0 Å². The Morgan fingerprint density at radius 1 is 1.05 bits per heavy atom. The molecule has 0 bridgehead atoms. The normalized spacial score (nSPS) is 13.5. The van der Waals surface area contributed by atoms with Gasteiger partial charge in [-0.1, -0.05) is 16.8 Å². The molecule has 3 aromatic rings. The molecule has 22 heavy (non-hydrogen) atoms. The van der Waals surface area contributed by atoms with Gasteiger partial charge in [0.05, 0.1) is 24.1 Å². The van der Waals surface area contributed by atoms with Gasteiger partial charge < -0.3 is 4.90 Å². The summed E-state index contributed by atoms with van der Waals surface area (Å²) in [6.45, 7) is 1.32. The van der Waals surface area contributed by atoms with E-state index in [0.29, 0.717) is 18.1 Å². The van der Waals surface area contributed by atoms with Gasteiger partial charge in [-0.05, 0) is 48.0 Å². The first-order valence-corrected chi connectivity index (χ1v) is 7.27. The molecule has 1 aliphatic rings. The van der Waals surface area contributed by atoms with Crippen LogP contribution in [-0.4, -0.2) is 15.0 Å². The van der Waals surface area contributed by atoms with Crippen LogP contribution in [0.1, 0.15) is 11.3 Å². The summed E-state index contributed by atoms with van der Waals surface area (Å²) in [4.78, 5) is 2.15. The first-order valence-electron chi connectivity index (χ1n) is 6.89. The van der Waals surface area contributed by atoms with Crippen molar-refractivity contribution in [2.75, 3.05) is 4.90 Å². The molecule has 0 saturated heterocycles. The minimum absolute atomic E-state index is 0.242. The Hall–Kier alpha value is -2.40. The van der Waals surface area contributed by atoms with Crippen molar-refractivity contribution in [3.8, 4) is 5.69 Å². The largest absolute Gasteiger partial charge is 0.361 e. The van der Waals surface area contributed by atoms with Gasteiger partial charge >= 0.3 is 0 Å². The van der Waals surface area contributed by atoms with Gasteiger partial charge in [0.2, 0.25) is 0 Å². The number of fused-ring (bicyclic) bond motifs is 3.